The Bertz CT molecular complexity index is 1220. The lowest BCUT2D eigenvalue weighted by atomic mass is 10.1. The summed E-state index contributed by atoms with van der Waals surface area (Å²) in [6.45, 7) is 3.15. The second-order valence-corrected chi connectivity index (χ2v) is 8.27. The van der Waals surface area contributed by atoms with Gasteiger partial charge >= 0.3 is 0 Å². The molecule has 174 valence electrons. The number of nitrogens with one attached hydrogen (secondary N) is 1. The zero-order chi connectivity index (χ0) is 24.1. The van der Waals surface area contributed by atoms with Crippen LogP contribution in [-0.4, -0.2) is 66.0 Å². The summed E-state index contributed by atoms with van der Waals surface area (Å²) in [5.41, 5.74) is 3.31. The standard InChI is InChI=1S/C24H23IN6O3/c1-30-7-9-31(10-8-30)23(32)17-5-6-20(22(12-17)33-2)29-24-27-14-19(15-28-24)16-3-4-18(13-26)21(11-16)34-25/h3-6,11-12,14-15H,7-10H2,1-2H3,(H,27,28,29). The molecule has 4 rings (SSSR count). The van der Waals surface area contributed by atoms with E-state index >= 15 is 0 Å². The molecule has 34 heavy (non-hydrogen) atoms. The van der Waals surface area contributed by atoms with Gasteiger partial charge in [-0.15, -0.1) is 0 Å². The number of ether oxygens (including phenoxy) is 1. The summed E-state index contributed by atoms with van der Waals surface area (Å²) in [7, 11) is 3.62. The van der Waals surface area contributed by atoms with E-state index in [1.807, 2.05) is 11.0 Å². The van der Waals surface area contributed by atoms with E-state index in [0.29, 0.717) is 47.4 Å². The van der Waals surface area contributed by atoms with E-state index in [9.17, 15) is 4.79 Å². The Kier molecular flexibility index (Phi) is 7.44. The normalized spacial score (nSPS) is 13.8. The molecule has 0 saturated carbocycles. The van der Waals surface area contributed by atoms with Crippen molar-refractivity contribution in [1.82, 2.24) is 19.8 Å². The zero-order valence-corrected chi connectivity index (χ0v) is 20.9. The number of carbonyl (C=O) groups excluding carboxylic acids is 1. The van der Waals surface area contributed by atoms with Gasteiger partial charge in [0.2, 0.25) is 5.95 Å². The smallest absolute Gasteiger partial charge is 0.254 e. The molecule has 0 unspecified atom stereocenters. The van der Waals surface area contributed by atoms with E-state index in [1.165, 1.54) is 0 Å². The first-order valence-corrected chi connectivity index (χ1v) is 11.5. The van der Waals surface area contributed by atoms with Crippen LogP contribution in [0.3, 0.4) is 0 Å². The monoisotopic (exact) mass is 570 g/mol. The van der Waals surface area contributed by atoms with Crippen LogP contribution in [0.1, 0.15) is 15.9 Å². The van der Waals surface area contributed by atoms with Gasteiger partial charge < -0.3 is 22.9 Å². The van der Waals surface area contributed by atoms with Crippen LogP contribution < -0.4 is 13.1 Å². The van der Waals surface area contributed by atoms with Crippen molar-refractivity contribution in [2.24, 2.45) is 0 Å². The van der Waals surface area contributed by atoms with Crippen molar-refractivity contribution < 1.29 is 12.6 Å². The lowest BCUT2D eigenvalue weighted by Gasteiger charge is -2.32. The first-order chi connectivity index (χ1) is 16.5. The number of anilines is 2. The van der Waals surface area contributed by atoms with Gasteiger partial charge in [0.15, 0.2) is 28.8 Å². The molecular formula is C24H23IN6O3. The van der Waals surface area contributed by atoms with Crippen molar-refractivity contribution >= 4 is 40.5 Å². The van der Waals surface area contributed by atoms with Crippen molar-refractivity contribution in [2.75, 3.05) is 45.7 Å². The van der Waals surface area contributed by atoms with Crippen molar-refractivity contribution in [2.45, 2.75) is 0 Å². The molecule has 10 heteroatoms. The molecule has 3 aromatic rings. The Labute approximate surface area is 212 Å². The number of methoxy groups -OCH3 is 1. The molecule has 1 amide bonds. The highest BCUT2D eigenvalue weighted by molar-refractivity contribution is 14.1. The van der Waals surface area contributed by atoms with E-state index in [1.54, 1.807) is 72.8 Å². The molecule has 0 bridgehead atoms. The minimum absolute atomic E-state index is 0.00387. The number of hydrogen-bond donors (Lipinski definition) is 1. The SMILES string of the molecule is COc1cc(C(=O)N2CCN(C)CC2)ccc1Nc1ncc(-c2ccc(C#N)c(OI)c2)cn1. The highest BCUT2D eigenvalue weighted by atomic mass is 127. The van der Waals surface area contributed by atoms with Gasteiger partial charge in [0.05, 0.1) is 18.4 Å². The van der Waals surface area contributed by atoms with Gasteiger partial charge in [-0.2, -0.15) is 5.26 Å². The van der Waals surface area contributed by atoms with Crippen LogP contribution >= 0.6 is 23.0 Å². The molecule has 1 N–H and O–H groups in total. The lowest BCUT2D eigenvalue weighted by molar-refractivity contribution is 0.0664. The first kappa shape index (κ1) is 23.7. The Balaban J connectivity index is 1.49. The minimum atomic E-state index is -0.00387. The number of benzene rings is 2. The van der Waals surface area contributed by atoms with Crippen molar-refractivity contribution in [3.8, 4) is 28.7 Å². The third kappa shape index (κ3) is 5.21. The Morgan fingerprint density at radius 1 is 1.06 bits per heavy atom. The van der Waals surface area contributed by atoms with Gasteiger partial charge in [0.1, 0.15) is 11.8 Å². The number of amides is 1. The first-order valence-electron chi connectivity index (χ1n) is 10.6. The van der Waals surface area contributed by atoms with Crippen LogP contribution in [0.15, 0.2) is 48.8 Å². The van der Waals surface area contributed by atoms with Crippen molar-refractivity contribution in [1.29, 1.82) is 5.26 Å². The van der Waals surface area contributed by atoms with E-state index in [2.05, 4.69) is 33.3 Å². The molecular weight excluding hydrogens is 547 g/mol. The fourth-order valence-corrected chi connectivity index (χ4v) is 4.00. The number of nitrogens with zero attached hydrogens (tertiary/aromatic N) is 5. The Hall–Kier alpha value is -3.43. The predicted molar refractivity (Wildman–Crippen MR) is 137 cm³/mol. The molecule has 1 fully saturated rings. The maximum atomic E-state index is 12.9. The number of rotatable bonds is 6. The summed E-state index contributed by atoms with van der Waals surface area (Å²) in [5.74, 6) is 1.40. The molecule has 2 aromatic carbocycles. The average molecular weight is 570 g/mol. The van der Waals surface area contributed by atoms with Crippen molar-refractivity contribution in [3.63, 3.8) is 0 Å². The van der Waals surface area contributed by atoms with Gasteiger partial charge in [-0.25, -0.2) is 9.97 Å². The Morgan fingerprint density at radius 2 is 1.79 bits per heavy atom. The third-order valence-corrected chi connectivity index (χ3v) is 6.13. The number of carbonyl (C=O) groups is 1. The number of halogens is 1. The molecule has 2 heterocycles. The third-order valence-electron chi connectivity index (χ3n) is 5.66. The second-order valence-electron chi connectivity index (χ2n) is 7.83. The molecule has 0 aliphatic carbocycles. The Morgan fingerprint density at radius 3 is 2.44 bits per heavy atom. The van der Waals surface area contributed by atoms with Gasteiger partial charge in [0, 0.05) is 49.7 Å². The molecule has 1 aromatic heterocycles. The number of nitriles is 1. The molecule has 0 spiro atoms. The summed E-state index contributed by atoms with van der Waals surface area (Å²) < 4.78 is 10.8. The molecule has 0 atom stereocenters. The van der Waals surface area contributed by atoms with Crippen LogP contribution in [0, 0.1) is 11.3 Å². The van der Waals surface area contributed by atoms with Crippen LogP contribution in [0.2, 0.25) is 0 Å². The van der Waals surface area contributed by atoms with E-state index < -0.39 is 0 Å². The maximum absolute atomic E-state index is 12.9. The van der Waals surface area contributed by atoms with Crippen LogP contribution in [-0.2, 0) is 0 Å². The maximum Gasteiger partial charge on any atom is 0.254 e. The number of hydrogen-bond acceptors (Lipinski definition) is 8. The summed E-state index contributed by atoms with van der Waals surface area (Å²) in [6.07, 6.45) is 3.37. The average Bonchev–Trinajstić information content (AvgIpc) is 2.89. The fraction of sp³-hybridized carbons (Fsp3) is 0.250. The van der Waals surface area contributed by atoms with E-state index in [4.69, 9.17) is 13.1 Å². The van der Waals surface area contributed by atoms with Gasteiger partial charge in [0.25, 0.3) is 5.91 Å². The fourth-order valence-electron chi connectivity index (χ4n) is 3.64. The lowest BCUT2D eigenvalue weighted by Crippen LogP contribution is -2.47. The van der Waals surface area contributed by atoms with Crippen LogP contribution in [0.4, 0.5) is 11.6 Å². The minimum Gasteiger partial charge on any atom is -0.495 e. The number of likely N-dealkylation sites (N-methyl/N-ethyl adjacent to an activating group) is 1. The highest BCUT2D eigenvalue weighted by Crippen LogP contribution is 2.30. The molecule has 1 saturated heterocycles. The quantitative estimate of drug-likeness (QED) is 0.446. The predicted octanol–water partition coefficient (Wildman–Crippen LogP) is 3.88. The van der Waals surface area contributed by atoms with Crippen LogP contribution in [0.25, 0.3) is 11.1 Å². The van der Waals surface area contributed by atoms with Crippen molar-refractivity contribution in [3.05, 3.63) is 59.9 Å². The molecule has 1 aliphatic heterocycles. The topological polar surface area (TPSA) is 104 Å². The van der Waals surface area contributed by atoms with Gasteiger partial charge in [-0.05, 0) is 42.9 Å². The summed E-state index contributed by atoms with van der Waals surface area (Å²) >= 11 is 1.75. The number of piperazine rings is 1. The molecule has 1 aliphatic rings. The molecule has 0 radical (unpaired) electrons. The number of aromatic nitrogens is 2. The largest absolute Gasteiger partial charge is 0.495 e. The van der Waals surface area contributed by atoms with Crippen LogP contribution in [0.5, 0.6) is 11.5 Å². The highest BCUT2D eigenvalue weighted by Gasteiger charge is 2.21. The van der Waals surface area contributed by atoms with Gasteiger partial charge in [-0.1, -0.05) is 6.07 Å². The summed E-state index contributed by atoms with van der Waals surface area (Å²) in [6, 6.07) is 12.7. The van der Waals surface area contributed by atoms with E-state index in [-0.39, 0.29) is 5.91 Å². The molecule has 9 nitrogen and oxygen atoms in total. The van der Waals surface area contributed by atoms with Gasteiger partial charge in [-0.3, -0.25) is 4.79 Å². The van der Waals surface area contributed by atoms with E-state index in [0.717, 1.165) is 24.2 Å². The summed E-state index contributed by atoms with van der Waals surface area (Å²) in [4.78, 5) is 25.7. The second kappa shape index (κ2) is 10.7. The zero-order valence-electron chi connectivity index (χ0n) is 18.8. The summed E-state index contributed by atoms with van der Waals surface area (Å²) in [5, 5.41) is 12.3.